The summed E-state index contributed by atoms with van der Waals surface area (Å²) in [7, 11) is -3.53. The van der Waals surface area contributed by atoms with Crippen LogP contribution in [0.2, 0.25) is 0 Å². The van der Waals surface area contributed by atoms with Gasteiger partial charge in [-0.3, -0.25) is 14.9 Å². The molecule has 1 saturated heterocycles. The van der Waals surface area contributed by atoms with Crippen molar-refractivity contribution in [3.8, 4) is 0 Å². The molecule has 1 aliphatic heterocycles. The van der Waals surface area contributed by atoms with Gasteiger partial charge in [0.05, 0.1) is 9.82 Å². The van der Waals surface area contributed by atoms with E-state index in [0.29, 0.717) is 43.3 Å². The molecule has 0 bridgehead atoms. The van der Waals surface area contributed by atoms with Crippen LogP contribution >= 0.6 is 0 Å². The molecule has 10 heteroatoms. The van der Waals surface area contributed by atoms with Crippen molar-refractivity contribution < 1.29 is 18.1 Å². The molecule has 2 aromatic carbocycles. The topological polar surface area (TPSA) is 113 Å². The molecule has 1 amide bonds. The number of hydrogen-bond acceptors (Lipinski definition) is 6. The van der Waals surface area contributed by atoms with Gasteiger partial charge in [-0.15, -0.1) is 0 Å². The molecule has 0 atom stereocenters. The average molecular weight is 461 g/mol. The van der Waals surface area contributed by atoms with E-state index in [1.165, 1.54) is 22.5 Å². The van der Waals surface area contributed by atoms with Crippen LogP contribution in [0.1, 0.15) is 25.3 Å². The van der Waals surface area contributed by atoms with Gasteiger partial charge in [0.2, 0.25) is 15.9 Å². The van der Waals surface area contributed by atoms with Gasteiger partial charge in [-0.1, -0.05) is 31.5 Å². The van der Waals surface area contributed by atoms with Crippen LogP contribution in [0.3, 0.4) is 0 Å². The maximum atomic E-state index is 12.9. The monoisotopic (exact) mass is 460 g/mol. The van der Waals surface area contributed by atoms with Gasteiger partial charge in [-0.05, 0) is 30.2 Å². The lowest BCUT2D eigenvalue weighted by molar-refractivity contribution is -0.384. The number of benzene rings is 2. The van der Waals surface area contributed by atoms with Gasteiger partial charge >= 0.3 is 0 Å². The van der Waals surface area contributed by atoms with E-state index >= 15 is 0 Å². The Labute approximate surface area is 188 Å². The highest BCUT2D eigenvalue weighted by molar-refractivity contribution is 7.89. The SMILES string of the molecule is CCCc1ccc(S(=O)(=O)N2CCN(CCC(=O)Nc3cccc([N+](=O)[O-])c3)CC2)cc1. The van der Waals surface area contributed by atoms with Crippen LogP contribution in [0.5, 0.6) is 0 Å². The van der Waals surface area contributed by atoms with Crippen molar-refractivity contribution in [2.45, 2.75) is 31.1 Å². The number of anilines is 1. The number of sulfonamides is 1. The Morgan fingerprint density at radius 2 is 1.78 bits per heavy atom. The largest absolute Gasteiger partial charge is 0.326 e. The molecule has 3 rings (SSSR count). The zero-order valence-electron chi connectivity index (χ0n) is 18.1. The predicted octanol–water partition coefficient (Wildman–Crippen LogP) is 2.88. The molecular formula is C22H28N4O5S. The van der Waals surface area contributed by atoms with Gasteiger partial charge in [0.15, 0.2) is 0 Å². The standard InChI is InChI=1S/C22H28N4O5S/c1-2-4-18-7-9-21(10-8-18)32(30,31)25-15-13-24(14-16-25)12-11-22(27)23-19-5-3-6-20(17-19)26(28)29/h3,5-10,17H,2,4,11-16H2,1H3,(H,23,27). The molecule has 2 aromatic rings. The van der Waals surface area contributed by atoms with E-state index in [-0.39, 0.29) is 18.0 Å². The highest BCUT2D eigenvalue weighted by Crippen LogP contribution is 2.20. The first-order valence-electron chi connectivity index (χ1n) is 10.7. The first kappa shape index (κ1) is 23.8. The summed E-state index contributed by atoms with van der Waals surface area (Å²) in [5, 5.41) is 13.5. The summed E-state index contributed by atoms with van der Waals surface area (Å²) in [4.78, 5) is 24.9. The lowest BCUT2D eigenvalue weighted by Gasteiger charge is -2.33. The molecule has 0 radical (unpaired) electrons. The fraction of sp³-hybridized carbons (Fsp3) is 0.409. The van der Waals surface area contributed by atoms with Crippen molar-refractivity contribution >= 4 is 27.3 Å². The Bertz CT molecular complexity index is 1050. The van der Waals surface area contributed by atoms with Crippen molar-refractivity contribution in [3.63, 3.8) is 0 Å². The fourth-order valence-corrected chi connectivity index (χ4v) is 5.06. The zero-order valence-corrected chi connectivity index (χ0v) is 18.9. The van der Waals surface area contributed by atoms with E-state index in [1.807, 2.05) is 17.0 Å². The van der Waals surface area contributed by atoms with Crippen LogP contribution in [0.4, 0.5) is 11.4 Å². The van der Waals surface area contributed by atoms with Gasteiger partial charge in [0.25, 0.3) is 5.69 Å². The summed E-state index contributed by atoms with van der Waals surface area (Å²) in [5.74, 6) is -0.243. The van der Waals surface area contributed by atoms with Crippen molar-refractivity contribution in [1.82, 2.24) is 9.21 Å². The number of carbonyl (C=O) groups is 1. The van der Waals surface area contributed by atoms with Crippen LogP contribution in [0.15, 0.2) is 53.4 Å². The van der Waals surface area contributed by atoms with E-state index in [0.717, 1.165) is 18.4 Å². The van der Waals surface area contributed by atoms with Crippen molar-refractivity contribution in [2.24, 2.45) is 0 Å². The summed E-state index contributed by atoms with van der Waals surface area (Å²) in [6.45, 7) is 4.38. The van der Waals surface area contributed by atoms with E-state index in [4.69, 9.17) is 0 Å². The number of amides is 1. The lowest BCUT2D eigenvalue weighted by atomic mass is 10.1. The normalized spacial score (nSPS) is 15.4. The summed E-state index contributed by atoms with van der Waals surface area (Å²) in [6, 6.07) is 12.9. The third kappa shape index (κ3) is 6.12. The Balaban J connectivity index is 1.47. The number of rotatable bonds is 9. The number of nitrogens with zero attached hydrogens (tertiary/aromatic N) is 3. The first-order valence-corrected chi connectivity index (χ1v) is 12.1. The van der Waals surface area contributed by atoms with Crippen LogP contribution in [-0.4, -0.2) is 61.2 Å². The van der Waals surface area contributed by atoms with Gasteiger partial charge in [0.1, 0.15) is 0 Å². The summed E-state index contributed by atoms with van der Waals surface area (Å²) >= 11 is 0. The molecule has 1 N–H and O–H groups in total. The number of piperazine rings is 1. The fourth-order valence-electron chi connectivity index (χ4n) is 3.64. The van der Waals surface area contributed by atoms with Gasteiger partial charge < -0.3 is 10.2 Å². The van der Waals surface area contributed by atoms with Crippen molar-refractivity contribution in [2.75, 3.05) is 38.0 Å². The molecular weight excluding hydrogens is 432 g/mol. The Morgan fingerprint density at radius 1 is 1.09 bits per heavy atom. The van der Waals surface area contributed by atoms with Crippen LogP contribution in [-0.2, 0) is 21.2 Å². The number of hydrogen-bond donors (Lipinski definition) is 1. The van der Waals surface area contributed by atoms with Crippen LogP contribution in [0, 0.1) is 10.1 Å². The molecule has 1 heterocycles. The molecule has 0 unspecified atom stereocenters. The molecule has 32 heavy (non-hydrogen) atoms. The van der Waals surface area contributed by atoms with Gasteiger partial charge in [0, 0.05) is 57.0 Å². The van der Waals surface area contributed by atoms with E-state index in [9.17, 15) is 23.3 Å². The number of nitrogens with one attached hydrogen (secondary N) is 1. The molecule has 1 aliphatic rings. The number of nitro groups is 1. The molecule has 0 aliphatic carbocycles. The van der Waals surface area contributed by atoms with E-state index in [2.05, 4.69) is 12.2 Å². The second-order valence-electron chi connectivity index (χ2n) is 7.75. The minimum Gasteiger partial charge on any atom is -0.326 e. The minimum absolute atomic E-state index is 0.0832. The summed E-state index contributed by atoms with van der Waals surface area (Å²) in [6.07, 6.45) is 2.15. The number of aryl methyl sites for hydroxylation is 1. The second-order valence-corrected chi connectivity index (χ2v) is 9.68. The third-order valence-corrected chi connectivity index (χ3v) is 7.34. The van der Waals surface area contributed by atoms with Crippen LogP contribution in [0.25, 0.3) is 0 Å². The van der Waals surface area contributed by atoms with Gasteiger partial charge in [-0.25, -0.2) is 8.42 Å². The quantitative estimate of drug-likeness (QED) is 0.455. The Hall–Kier alpha value is -2.82. The lowest BCUT2D eigenvalue weighted by Crippen LogP contribution is -2.49. The van der Waals surface area contributed by atoms with E-state index < -0.39 is 14.9 Å². The highest BCUT2D eigenvalue weighted by atomic mass is 32.2. The van der Waals surface area contributed by atoms with Crippen LogP contribution < -0.4 is 5.32 Å². The Morgan fingerprint density at radius 3 is 2.41 bits per heavy atom. The number of non-ortho nitro benzene ring substituents is 1. The molecule has 9 nitrogen and oxygen atoms in total. The number of carbonyl (C=O) groups excluding carboxylic acids is 1. The van der Waals surface area contributed by atoms with Crippen molar-refractivity contribution in [1.29, 1.82) is 0 Å². The van der Waals surface area contributed by atoms with Crippen molar-refractivity contribution in [3.05, 3.63) is 64.2 Å². The third-order valence-electron chi connectivity index (χ3n) is 5.43. The minimum atomic E-state index is -3.53. The average Bonchev–Trinajstić information content (AvgIpc) is 2.79. The summed E-state index contributed by atoms with van der Waals surface area (Å²) < 4.78 is 27.3. The number of nitro benzene ring substituents is 1. The maximum absolute atomic E-state index is 12.9. The predicted molar refractivity (Wildman–Crippen MR) is 122 cm³/mol. The summed E-state index contributed by atoms with van der Waals surface area (Å²) in [5.41, 5.74) is 1.42. The van der Waals surface area contributed by atoms with E-state index in [1.54, 1.807) is 18.2 Å². The molecule has 0 saturated carbocycles. The molecule has 172 valence electrons. The zero-order chi connectivity index (χ0) is 23.1. The van der Waals surface area contributed by atoms with Gasteiger partial charge in [-0.2, -0.15) is 4.31 Å². The molecule has 0 spiro atoms. The Kier molecular flexibility index (Phi) is 7.94. The molecule has 1 fully saturated rings. The second kappa shape index (κ2) is 10.7. The molecule has 0 aromatic heterocycles. The highest BCUT2D eigenvalue weighted by Gasteiger charge is 2.28. The first-order chi connectivity index (χ1) is 15.3. The maximum Gasteiger partial charge on any atom is 0.271 e. The smallest absolute Gasteiger partial charge is 0.271 e.